The number of amides is 1. The van der Waals surface area contributed by atoms with Crippen molar-refractivity contribution in [2.45, 2.75) is 51.5 Å². The van der Waals surface area contributed by atoms with E-state index in [1.807, 2.05) is 18.2 Å². The smallest absolute Gasteiger partial charge is 0.262 e. The number of nitrogens with zero attached hydrogens (tertiary/aromatic N) is 2. The Morgan fingerprint density at radius 3 is 2.38 bits per heavy atom. The molecule has 1 saturated heterocycles. The Morgan fingerprint density at radius 1 is 1.00 bits per heavy atom. The molecule has 5 atom stereocenters. The van der Waals surface area contributed by atoms with E-state index in [4.69, 9.17) is 4.74 Å². The molecule has 0 bridgehead atoms. The largest absolute Gasteiger partial charge is 0.388 e. The van der Waals surface area contributed by atoms with Gasteiger partial charge in [-0.3, -0.25) is 4.79 Å². The molecular formula is C29H33N3O6S. The molecule has 0 saturated carbocycles. The highest BCUT2D eigenvalue weighted by Crippen LogP contribution is 2.35. The minimum absolute atomic E-state index is 0.0997. The molecule has 1 unspecified atom stereocenters. The summed E-state index contributed by atoms with van der Waals surface area (Å²) in [6.07, 6.45) is -7.68. The van der Waals surface area contributed by atoms with Gasteiger partial charge >= 0.3 is 0 Å². The standard InChI is InChI=1S/C29H33N3O6S/c1-4-32(5-2)20-9-8-17-12-19(7-6-18(17)13-20)24-11-10-23(39-24)16(3)21(14-30)28(36)31-15-22-25(33)26(34)27(35)29(37)38-22/h6-13,22,25-27,29,33-35,37H,4-5,15H2,1-3H3,(H,31,36)/b21-16+/t22-,25-,26+,27-,29?/m1/s1. The fourth-order valence-electron chi connectivity index (χ4n) is 4.68. The molecule has 3 aromatic rings. The third-order valence-corrected chi connectivity index (χ3v) is 8.33. The van der Waals surface area contributed by atoms with Crippen LogP contribution in [-0.2, 0) is 9.53 Å². The summed E-state index contributed by atoms with van der Waals surface area (Å²) >= 11 is 1.47. The molecule has 10 heteroatoms. The molecule has 4 rings (SSSR count). The Kier molecular flexibility index (Phi) is 9.02. The van der Waals surface area contributed by atoms with Crippen molar-refractivity contribution in [3.63, 3.8) is 0 Å². The zero-order valence-corrected chi connectivity index (χ0v) is 22.9. The Balaban J connectivity index is 1.50. The van der Waals surface area contributed by atoms with Crippen molar-refractivity contribution in [3.8, 4) is 16.5 Å². The van der Waals surface area contributed by atoms with Gasteiger partial charge in [-0.2, -0.15) is 5.26 Å². The Morgan fingerprint density at radius 2 is 1.69 bits per heavy atom. The molecule has 2 aromatic carbocycles. The summed E-state index contributed by atoms with van der Waals surface area (Å²) in [5, 5.41) is 53.7. The first-order chi connectivity index (χ1) is 18.7. The predicted molar refractivity (Wildman–Crippen MR) is 151 cm³/mol. The summed E-state index contributed by atoms with van der Waals surface area (Å²) in [4.78, 5) is 16.9. The van der Waals surface area contributed by atoms with Gasteiger partial charge < -0.3 is 35.4 Å². The number of nitrogens with one attached hydrogen (secondary N) is 1. The molecule has 0 aliphatic carbocycles. The molecule has 1 amide bonds. The second-order valence-electron chi connectivity index (χ2n) is 9.44. The summed E-state index contributed by atoms with van der Waals surface area (Å²) in [5.41, 5.74) is 2.62. The average molecular weight is 552 g/mol. The fourth-order valence-corrected chi connectivity index (χ4v) is 5.68. The molecule has 0 radical (unpaired) electrons. The van der Waals surface area contributed by atoms with Crippen molar-refractivity contribution in [1.82, 2.24) is 5.32 Å². The van der Waals surface area contributed by atoms with E-state index in [9.17, 15) is 30.5 Å². The molecule has 1 aliphatic heterocycles. The lowest BCUT2D eigenvalue weighted by Crippen LogP contribution is -2.60. The maximum Gasteiger partial charge on any atom is 0.262 e. The van der Waals surface area contributed by atoms with Crippen molar-refractivity contribution < 1.29 is 30.0 Å². The topological polar surface area (TPSA) is 146 Å². The van der Waals surface area contributed by atoms with Gasteiger partial charge in [0.2, 0.25) is 0 Å². The molecule has 1 aliphatic rings. The number of aliphatic hydroxyl groups is 4. The third kappa shape index (κ3) is 5.99. The van der Waals surface area contributed by atoms with Gasteiger partial charge in [0.25, 0.3) is 5.91 Å². The summed E-state index contributed by atoms with van der Waals surface area (Å²) < 4.78 is 5.08. The maximum atomic E-state index is 12.8. The SMILES string of the molecule is CCN(CC)c1ccc2cc(-c3ccc(/C(C)=C(\C#N)C(=O)NC[C@H]4OC(O)[C@H](O)[C@@H](O)[C@@H]4O)s3)ccc2c1. The van der Waals surface area contributed by atoms with Crippen molar-refractivity contribution in [2.24, 2.45) is 0 Å². The van der Waals surface area contributed by atoms with Gasteiger partial charge in [-0.05, 0) is 73.0 Å². The van der Waals surface area contributed by atoms with Crippen LogP contribution in [0.3, 0.4) is 0 Å². The number of rotatable bonds is 8. The van der Waals surface area contributed by atoms with Crippen LogP contribution in [0.2, 0.25) is 0 Å². The number of nitriles is 1. The number of hydrogen-bond donors (Lipinski definition) is 5. The number of fused-ring (bicyclic) bond motifs is 1. The Hall–Kier alpha value is -3.30. The summed E-state index contributed by atoms with van der Waals surface area (Å²) in [7, 11) is 0. The quantitative estimate of drug-likeness (QED) is 0.212. The van der Waals surface area contributed by atoms with Crippen LogP contribution in [-0.4, -0.2) is 76.7 Å². The Labute approximate surface area is 231 Å². The summed E-state index contributed by atoms with van der Waals surface area (Å²) in [6, 6.07) is 18.5. The van der Waals surface area contributed by atoms with E-state index in [1.165, 1.54) is 17.0 Å². The van der Waals surface area contributed by atoms with Gasteiger partial charge in [-0.15, -0.1) is 11.3 Å². The van der Waals surface area contributed by atoms with Gasteiger partial charge in [-0.1, -0.05) is 18.2 Å². The van der Waals surface area contributed by atoms with Crippen LogP contribution in [0, 0.1) is 11.3 Å². The van der Waals surface area contributed by atoms with Crippen LogP contribution < -0.4 is 10.2 Å². The predicted octanol–water partition coefficient (Wildman–Crippen LogP) is 2.63. The van der Waals surface area contributed by atoms with E-state index >= 15 is 0 Å². The van der Waals surface area contributed by atoms with Crippen LogP contribution in [0.5, 0.6) is 0 Å². The number of benzene rings is 2. The number of thiophene rings is 1. The monoisotopic (exact) mass is 551 g/mol. The number of aliphatic hydroxyl groups excluding tert-OH is 4. The molecule has 2 heterocycles. The number of allylic oxidation sites excluding steroid dienone is 1. The lowest BCUT2D eigenvalue weighted by molar-refractivity contribution is -0.280. The second kappa shape index (κ2) is 12.3. The molecule has 206 valence electrons. The van der Waals surface area contributed by atoms with E-state index in [0.717, 1.165) is 39.2 Å². The number of ether oxygens (including phenoxy) is 1. The first-order valence-electron chi connectivity index (χ1n) is 12.8. The van der Waals surface area contributed by atoms with Gasteiger partial charge in [0, 0.05) is 35.1 Å². The minimum atomic E-state index is -1.71. The van der Waals surface area contributed by atoms with Crippen molar-refractivity contribution in [1.29, 1.82) is 5.26 Å². The van der Waals surface area contributed by atoms with E-state index in [1.54, 1.807) is 6.92 Å². The van der Waals surface area contributed by atoms with Crippen LogP contribution in [0.1, 0.15) is 25.6 Å². The molecule has 1 aromatic heterocycles. The average Bonchev–Trinajstić information content (AvgIpc) is 3.44. The van der Waals surface area contributed by atoms with E-state index < -0.39 is 36.6 Å². The first-order valence-corrected chi connectivity index (χ1v) is 13.7. The van der Waals surface area contributed by atoms with Gasteiger partial charge in [0.15, 0.2) is 6.29 Å². The zero-order chi connectivity index (χ0) is 28.3. The second-order valence-corrected chi connectivity index (χ2v) is 10.5. The van der Waals surface area contributed by atoms with Crippen LogP contribution >= 0.6 is 11.3 Å². The van der Waals surface area contributed by atoms with Crippen molar-refractivity contribution in [2.75, 3.05) is 24.5 Å². The molecule has 9 nitrogen and oxygen atoms in total. The van der Waals surface area contributed by atoms with Crippen molar-refractivity contribution in [3.05, 3.63) is 59.0 Å². The van der Waals surface area contributed by atoms with E-state index in [-0.39, 0.29) is 12.1 Å². The van der Waals surface area contributed by atoms with E-state index in [0.29, 0.717) is 5.57 Å². The highest BCUT2D eigenvalue weighted by Gasteiger charge is 2.43. The van der Waals surface area contributed by atoms with Gasteiger partial charge in [-0.25, -0.2) is 0 Å². The number of carbonyl (C=O) groups is 1. The Bertz CT molecular complexity index is 1410. The van der Waals surface area contributed by atoms with Crippen molar-refractivity contribution >= 4 is 39.3 Å². The molecule has 5 N–H and O–H groups in total. The molecule has 39 heavy (non-hydrogen) atoms. The number of hydrogen-bond acceptors (Lipinski definition) is 9. The van der Waals surface area contributed by atoms with Crippen LogP contribution in [0.15, 0.2) is 54.1 Å². The molecule has 1 fully saturated rings. The van der Waals surface area contributed by atoms with Crippen LogP contribution in [0.4, 0.5) is 5.69 Å². The molecular weight excluding hydrogens is 518 g/mol. The van der Waals surface area contributed by atoms with Gasteiger partial charge in [0.05, 0.1) is 0 Å². The number of carbonyl (C=O) groups excluding carboxylic acids is 1. The fraction of sp³-hybridized carbons (Fsp3) is 0.379. The lowest BCUT2D eigenvalue weighted by atomic mass is 9.99. The van der Waals surface area contributed by atoms with E-state index in [2.05, 4.69) is 60.5 Å². The lowest BCUT2D eigenvalue weighted by Gasteiger charge is -2.38. The maximum absolute atomic E-state index is 12.8. The van der Waals surface area contributed by atoms with Gasteiger partial charge in [0.1, 0.15) is 36.1 Å². The minimum Gasteiger partial charge on any atom is -0.388 e. The molecule has 0 spiro atoms. The highest BCUT2D eigenvalue weighted by atomic mass is 32.1. The highest BCUT2D eigenvalue weighted by molar-refractivity contribution is 7.16. The van der Waals surface area contributed by atoms with Crippen LogP contribution in [0.25, 0.3) is 26.8 Å². The summed E-state index contributed by atoms with van der Waals surface area (Å²) in [6.45, 7) is 7.59. The first kappa shape index (κ1) is 28.7. The summed E-state index contributed by atoms with van der Waals surface area (Å²) in [5.74, 6) is -0.675. The zero-order valence-electron chi connectivity index (χ0n) is 22.0. The third-order valence-electron chi connectivity index (χ3n) is 7.08. The normalized spacial score (nSPS) is 23.7. The number of anilines is 1.